The van der Waals surface area contributed by atoms with Gasteiger partial charge in [0, 0.05) is 0 Å². The van der Waals surface area contributed by atoms with Crippen molar-refractivity contribution in [3.63, 3.8) is 0 Å². The number of carbonyl (C=O) groups excluding carboxylic acids is 2. The molecule has 0 saturated heterocycles. The van der Waals surface area contributed by atoms with E-state index in [0.29, 0.717) is 10.9 Å². The quantitative estimate of drug-likeness (QED) is 0.101. The second-order valence-corrected chi connectivity index (χ2v) is 17.6. The molecule has 42 heavy (non-hydrogen) atoms. The number of alkyl halides is 6. The van der Waals surface area contributed by atoms with Crippen molar-refractivity contribution in [1.29, 1.82) is 0 Å². The van der Waals surface area contributed by atoms with Gasteiger partial charge in [0.15, 0.2) is 0 Å². The van der Waals surface area contributed by atoms with Gasteiger partial charge in [0.05, 0.1) is 0 Å². The van der Waals surface area contributed by atoms with Crippen LogP contribution in [0.2, 0.25) is 13.1 Å². The number of ketones is 2. The molecule has 2 aliphatic heterocycles. The molecule has 212 valence electrons. The maximum absolute atomic E-state index is 15.2. The Morgan fingerprint density at radius 2 is 1.33 bits per heavy atom. The van der Waals surface area contributed by atoms with Crippen molar-refractivity contribution in [2.45, 2.75) is 30.9 Å². The number of Topliss-reactive ketones (excluding diaryl/α,β-unsaturated/α-hetero) is 2. The molecule has 0 saturated carbocycles. The predicted molar refractivity (Wildman–Crippen MR) is 151 cm³/mol. The van der Waals surface area contributed by atoms with Crippen LogP contribution in [0.25, 0.3) is 6.08 Å². The Morgan fingerprint density at radius 3 is 1.95 bits per heavy atom. The molecule has 11 heteroatoms. The number of nitrogens with zero attached hydrogens (tertiary/aromatic N) is 1. The molecule has 3 heterocycles. The summed E-state index contributed by atoms with van der Waals surface area (Å²) in [6.07, 6.45) is -10.3. The summed E-state index contributed by atoms with van der Waals surface area (Å²) in [4.78, 5) is 27.7. The van der Waals surface area contributed by atoms with Crippen LogP contribution in [-0.2, 0) is 5.41 Å². The third-order valence-corrected chi connectivity index (χ3v) is 14.3. The normalized spacial score (nSPS) is 17.9. The predicted octanol–water partition coefficient (Wildman–Crippen LogP) is 6.54. The summed E-state index contributed by atoms with van der Waals surface area (Å²) in [6, 6.07) is 18.0. The molecule has 0 unspecified atom stereocenters. The van der Waals surface area contributed by atoms with E-state index in [2.05, 4.69) is 0 Å². The third-order valence-electron chi connectivity index (χ3n) is 8.54. The van der Waals surface area contributed by atoms with Gasteiger partial charge in [0.2, 0.25) is 0 Å². The van der Waals surface area contributed by atoms with Gasteiger partial charge in [-0.15, -0.1) is 0 Å². The summed E-state index contributed by atoms with van der Waals surface area (Å²) in [5, 5.41) is 1.38. The van der Waals surface area contributed by atoms with Gasteiger partial charge in [0.25, 0.3) is 0 Å². The first-order valence-corrected chi connectivity index (χ1v) is 17.6. The molecule has 0 amide bonds. The average Bonchev–Trinajstić information content (AvgIpc) is 3.44. The van der Waals surface area contributed by atoms with Crippen LogP contribution in [0, 0.1) is 0 Å². The number of carbonyl (C=O) groups is 2. The molecule has 0 atom stereocenters. The van der Waals surface area contributed by atoms with Crippen molar-refractivity contribution in [3.8, 4) is 0 Å². The molecular weight excluding hydrogens is 639 g/mol. The second-order valence-electron chi connectivity index (χ2n) is 11.1. The van der Waals surface area contributed by atoms with Crippen LogP contribution < -0.4 is 15.3 Å². The zero-order valence-corrected chi connectivity index (χ0v) is 24.7. The van der Waals surface area contributed by atoms with Crippen LogP contribution in [0.4, 0.5) is 42.3 Å². The molecule has 0 bridgehead atoms. The Hall–Kier alpha value is -3.66. The summed E-state index contributed by atoms with van der Waals surface area (Å²) in [5.74, 6) is -1.20. The van der Waals surface area contributed by atoms with Gasteiger partial charge in [-0.1, -0.05) is 0 Å². The molecule has 1 aromatic heterocycles. The zero-order valence-electron chi connectivity index (χ0n) is 21.9. The fourth-order valence-corrected chi connectivity index (χ4v) is 12.1. The van der Waals surface area contributed by atoms with Gasteiger partial charge >= 0.3 is 243 Å². The number of hydrogen-bond donors (Lipinski definition) is 0. The second kappa shape index (κ2) is 8.46. The van der Waals surface area contributed by atoms with Crippen LogP contribution >= 0.6 is 0 Å². The van der Waals surface area contributed by atoms with Crippen molar-refractivity contribution >= 4 is 66.5 Å². The fourth-order valence-electron chi connectivity index (χ4n) is 6.63. The standard InChI is InChI=1S/C31H19F6NO2SeSi/c1-42(2)23-12-6-5-11-22(23)38-25-20(10-7-13-24(25)42)29(30(32,33)34,31(35,36)37)21-15-16(41-28(21)38)14-19-26(39)17-8-3-4-9-18(17)27(19)40/h3-15H,1-2H3. The van der Waals surface area contributed by atoms with E-state index in [9.17, 15) is 9.59 Å². The molecule has 3 nitrogen and oxygen atoms in total. The van der Waals surface area contributed by atoms with Crippen LogP contribution in [0.15, 0.2) is 78.4 Å². The zero-order chi connectivity index (χ0) is 30.0. The summed E-state index contributed by atoms with van der Waals surface area (Å²) >= 11 is -1.10. The van der Waals surface area contributed by atoms with Gasteiger partial charge in [-0.25, -0.2) is 0 Å². The van der Waals surface area contributed by atoms with Crippen LogP contribution in [0.1, 0.15) is 36.3 Å². The number of fused-ring (bicyclic) bond motifs is 5. The summed E-state index contributed by atoms with van der Waals surface area (Å²) in [5.41, 5.74) is -5.50. The van der Waals surface area contributed by atoms with Gasteiger partial charge in [-0.05, 0) is 0 Å². The number of halogens is 6. The van der Waals surface area contributed by atoms with Gasteiger partial charge in [0.1, 0.15) is 0 Å². The Bertz CT molecular complexity index is 1850. The SMILES string of the molecule is C[Si]1(C)c2ccccc2N2c3[se]c(C=C4C(=O)c5ccccc5C4=O)cc3C(C(F)(F)F)(C(F)(F)F)c3cccc1c32. The summed E-state index contributed by atoms with van der Waals surface area (Å²) in [6.45, 7) is 3.85. The fraction of sp³-hybridized carbons (Fsp3) is 0.161. The molecule has 0 fully saturated rings. The molecule has 1 aliphatic carbocycles. The Balaban J connectivity index is 1.57. The van der Waals surface area contributed by atoms with E-state index in [1.807, 2.05) is 25.2 Å². The van der Waals surface area contributed by atoms with Crippen molar-refractivity contribution in [2.24, 2.45) is 0 Å². The van der Waals surface area contributed by atoms with Crippen molar-refractivity contribution in [2.75, 3.05) is 4.90 Å². The Labute approximate surface area is 242 Å². The minimum absolute atomic E-state index is 0.0640. The molecule has 0 N–H and O–H groups in total. The Kier molecular flexibility index (Phi) is 5.48. The number of anilines is 3. The topological polar surface area (TPSA) is 37.4 Å². The van der Waals surface area contributed by atoms with Crippen LogP contribution in [0.3, 0.4) is 0 Å². The van der Waals surface area contributed by atoms with E-state index in [1.54, 1.807) is 35.2 Å². The van der Waals surface area contributed by atoms with Gasteiger partial charge in [-0.3, -0.25) is 0 Å². The van der Waals surface area contributed by atoms with Crippen molar-refractivity contribution in [3.05, 3.63) is 105 Å². The number of rotatable bonds is 1. The third kappa shape index (κ3) is 3.24. The number of para-hydroxylation sites is 2. The van der Waals surface area contributed by atoms with Crippen LogP contribution in [0.5, 0.6) is 0 Å². The Morgan fingerprint density at radius 1 is 0.762 bits per heavy atom. The number of allylic oxidation sites excluding steroid dienone is 1. The molecule has 3 aliphatic rings. The van der Waals surface area contributed by atoms with Crippen LogP contribution in [-0.4, -0.2) is 46.5 Å². The first-order chi connectivity index (χ1) is 19.7. The first kappa shape index (κ1) is 27.2. The van der Waals surface area contributed by atoms with E-state index < -0.39 is 63.0 Å². The van der Waals surface area contributed by atoms with E-state index in [0.717, 1.165) is 17.3 Å². The van der Waals surface area contributed by atoms with Gasteiger partial charge < -0.3 is 0 Å². The summed E-state index contributed by atoms with van der Waals surface area (Å²) < 4.78 is 91.2. The maximum atomic E-state index is 15.2. The minimum atomic E-state index is -5.74. The first-order valence-electron chi connectivity index (χ1n) is 12.9. The molecule has 4 aromatic rings. The monoisotopic (exact) mass is 659 g/mol. The van der Waals surface area contributed by atoms with Gasteiger partial charge in [-0.2, -0.15) is 0 Å². The van der Waals surface area contributed by atoms with E-state index in [4.69, 9.17) is 0 Å². The molecule has 0 radical (unpaired) electrons. The number of benzene rings is 3. The number of hydrogen-bond acceptors (Lipinski definition) is 3. The molecular formula is C31H19F6NO2SeSi. The average molecular weight is 659 g/mol. The van der Waals surface area contributed by atoms with Crippen molar-refractivity contribution in [1.82, 2.24) is 0 Å². The molecule has 7 rings (SSSR count). The van der Waals surface area contributed by atoms with E-state index >= 15 is 26.3 Å². The molecule has 0 spiro atoms. The molecule has 3 aromatic carbocycles. The van der Waals surface area contributed by atoms with E-state index in [1.165, 1.54) is 24.3 Å². The van der Waals surface area contributed by atoms with Crippen molar-refractivity contribution < 1.29 is 35.9 Å². The summed E-state index contributed by atoms with van der Waals surface area (Å²) in [7, 11) is -2.72. The van der Waals surface area contributed by atoms with E-state index in [-0.39, 0.29) is 31.4 Å².